The van der Waals surface area contributed by atoms with Crippen molar-refractivity contribution in [1.29, 1.82) is 0 Å². The molecule has 0 bridgehead atoms. The number of anilines is 1. The van der Waals surface area contributed by atoms with Gasteiger partial charge in [0.2, 0.25) is 0 Å². The van der Waals surface area contributed by atoms with Gasteiger partial charge in [0, 0.05) is 37.9 Å². The van der Waals surface area contributed by atoms with Crippen molar-refractivity contribution >= 4 is 22.5 Å². The molecule has 0 radical (unpaired) electrons. The number of rotatable bonds is 5. The van der Waals surface area contributed by atoms with E-state index in [0.29, 0.717) is 23.4 Å². The van der Waals surface area contributed by atoms with Crippen LogP contribution in [0.5, 0.6) is 0 Å². The average Bonchev–Trinajstić information content (AvgIpc) is 2.76. The van der Waals surface area contributed by atoms with Crippen molar-refractivity contribution in [3.63, 3.8) is 0 Å². The van der Waals surface area contributed by atoms with Gasteiger partial charge < -0.3 is 20.7 Å². The highest BCUT2D eigenvalue weighted by molar-refractivity contribution is 6.08. The van der Waals surface area contributed by atoms with Crippen LogP contribution in [0.4, 0.5) is 10.1 Å². The first-order valence-electron chi connectivity index (χ1n) is 10.5. The minimum Gasteiger partial charge on any atom is -0.396 e. The molecule has 3 N–H and O–H groups in total. The van der Waals surface area contributed by atoms with Crippen molar-refractivity contribution < 1.29 is 13.9 Å². The van der Waals surface area contributed by atoms with Gasteiger partial charge in [0.25, 0.3) is 5.91 Å². The monoisotopic (exact) mass is 400 g/mol. The van der Waals surface area contributed by atoms with Gasteiger partial charge in [-0.2, -0.15) is 0 Å². The van der Waals surface area contributed by atoms with Crippen LogP contribution in [0.15, 0.2) is 24.4 Å². The minimum absolute atomic E-state index is 0.0292. The molecule has 2 aliphatic rings. The molecule has 4 rings (SSSR count). The van der Waals surface area contributed by atoms with Gasteiger partial charge in [-0.25, -0.2) is 4.39 Å². The summed E-state index contributed by atoms with van der Waals surface area (Å²) in [5, 5.41) is 3.45. The van der Waals surface area contributed by atoms with Crippen LogP contribution in [-0.4, -0.2) is 55.2 Å². The quantitative estimate of drug-likeness (QED) is 0.755. The van der Waals surface area contributed by atoms with Crippen LogP contribution in [0, 0.1) is 17.7 Å². The van der Waals surface area contributed by atoms with Gasteiger partial charge in [-0.1, -0.05) is 0 Å². The SMILES string of the molecule is Nc1c(F)cc(C(=O)NCC2CCN(CC3CCOCC3)CC2)c2ncccc12. The van der Waals surface area contributed by atoms with Crippen LogP contribution >= 0.6 is 0 Å². The molecule has 6 nitrogen and oxygen atoms in total. The third kappa shape index (κ3) is 4.67. The molecule has 7 heteroatoms. The number of aromatic nitrogens is 1. The first-order valence-corrected chi connectivity index (χ1v) is 10.5. The Morgan fingerprint density at radius 2 is 2.00 bits per heavy atom. The number of ether oxygens (including phenoxy) is 1. The number of hydrogen-bond acceptors (Lipinski definition) is 5. The Balaban J connectivity index is 1.31. The molecule has 2 aromatic rings. The summed E-state index contributed by atoms with van der Waals surface area (Å²) in [7, 11) is 0. The first-order chi connectivity index (χ1) is 14.1. The summed E-state index contributed by atoms with van der Waals surface area (Å²) < 4.78 is 19.6. The predicted molar refractivity (Wildman–Crippen MR) is 111 cm³/mol. The number of likely N-dealkylation sites (tertiary alicyclic amines) is 1. The molecule has 1 aromatic carbocycles. The smallest absolute Gasteiger partial charge is 0.253 e. The molecule has 3 heterocycles. The van der Waals surface area contributed by atoms with Gasteiger partial charge in [-0.05, 0) is 68.8 Å². The zero-order valence-electron chi connectivity index (χ0n) is 16.7. The van der Waals surface area contributed by atoms with Crippen molar-refractivity contribution in [1.82, 2.24) is 15.2 Å². The van der Waals surface area contributed by atoms with Crippen molar-refractivity contribution in [3.8, 4) is 0 Å². The van der Waals surface area contributed by atoms with E-state index in [9.17, 15) is 9.18 Å². The van der Waals surface area contributed by atoms with E-state index in [1.807, 2.05) is 0 Å². The first kappa shape index (κ1) is 20.0. The fourth-order valence-electron chi connectivity index (χ4n) is 4.41. The summed E-state index contributed by atoms with van der Waals surface area (Å²) in [6, 6.07) is 4.57. The van der Waals surface area contributed by atoms with Crippen molar-refractivity contribution in [2.45, 2.75) is 25.7 Å². The predicted octanol–water partition coefficient (Wildman–Crippen LogP) is 2.82. The molecule has 1 amide bonds. The van der Waals surface area contributed by atoms with Crippen LogP contribution in [0.1, 0.15) is 36.0 Å². The number of pyridine rings is 1. The lowest BCUT2D eigenvalue weighted by atomic mass is 9.94. The van der Waals surface area contributed by atoms with E-state index in [1.54, 1.807) is 18.3 Å². The van der Waals surface area contributed by atoms with E-state index in [0.717, 1.165) is 64.4 Å². The van der Waals surface area contributed by atoms with Gasteiger partial charge >= 0.3 is 0 Å². The topological polar surface area (TPSA) is 80.5 Å². The number of amides is 1. The second-order valence-electron chi connectivity index (χ2n) is 8.23. The molecule has 0 unspecified atom stereocenters. The van der Waals surface area contributed by atoms with E-state index in [2.05, 4.69) is 15.2 Å². The number of benzene rings is 1. The summed E-state index contributed by atoms with van der Waals surface area (Å²) in [6.07, 6.45) is 6.05. The zero-order valence-corrected chi connectivity index (χ0v) is 16.7. The van der Waals surface area contributed by atoms with Gasteiger partial charge in [0.1, 0.15) is 5.82 Å². The number of carbonyl (C=O) groups is 1. The Morgan fingerprint density at radius 3 is 2.76 bits per heavy atom. The Labute approximate surface area is 170 Å². The van der Waals surface area contributed by atoms with Crippen LogP contribution in [0.3, 0.4) is 0 Å². The molecule has 29 heavy (non-hydrogen) atoms. The number of piperidine rings is 1. The van der Waals surface area contributed by atoms with Crippen molar-refractivity contribution in [2.24, 2.45) is 11.8 Å². The normalized spacial score (nSPS) is 19.5. The van der Waals surface area contributed by atoms with E-state index in [1.165, 1.54) is 6.07 Å². The zero-order chi connectivity index (χ0) is 20.2. The molecule has 0 saturated carbocycles. The van der Waals surface area contributed by atoms with Gasteiger partial charge in [-0.3, -0.25) is 9.78 Å². The number of nitrogens with zero attached hydrogens (tertiary/aromatic N) is 2. The van der Waals surface area contributed by atoms with Gasteiger partial charge in [0.15, 0.2) is 0 Å². The summed E-state index contributed by atoms with van der Waals surface area (Å²) in [5.74, 6) is 0.318. The lowest BCUT2D eigenvalue weighted by molar-refractivity contribution is 0.0467. The Bertz CT molecular complexity index is 861. The lowest BCUT2D eigenvalue weighted by Crippen LogP contribution is -2.41. The van der Waals surface area contributed by atoms with Crippen LogP contribution in [0.25, 0.3) is 10.9 Å². The molecule has 0 spiro atoms. The minimum atomic E-state index is -0.586. The summed E-state index contributed by atoms with van der Waals surface area (Å²) in [6.45, 7) is 5.68. The standard InChI is InChI=1S/C22H29FN4O2/c23-19-12-18(21-17(20(19)24)2-1-7-25-21)22(28)26-13-15-3-8-27(9-4-15)14-16-5-10-29-11-6-16/h1-2,7,12,15-16H,3-6,8-11,13-14,24H2,(H,26,28). The van der Waals surface area contributed by atoms with Crippen LogP contribution in [-0.2, 0) is 4.74 Å². The maximum absolute atomic E-state index is 14.2. The van der Waals surface area contributed by atoms with E-state index in [4.69, 9.17) is 10.5 Å². The molecule has 2 fully saturated rings. The molecule has 0 atom stereocenters. The number of nitrogens with one attached hydrogen (secondary N) is 1. The van der Waals surface area contributed by atoms with E-state index >= 15 is 0 Å². The third-order valence-electron chi connectivity index (χ3n) is 6.24. The fraction of sp³-hybridized carbons (Fsp3) is 0.545. The molecular formula is C22H29FN4O2. The molecule has 0 aliphatic carbocycles. The highest BCUT2D eigenvalue weighted by Gasteiger charge is 2.24. The number of carbonyl (C=O) groups excluding carboxylic acids is 1. The highest BCUT2D eigenvalue weighted by atomic mass is 19.1. The van der Waals surface area contributed by atoms with Crippen molar-refractivity contribution in [3.05, 3.63) is 35.8 Å². The van der Waals surface area contributed by atoms with E-state index in [-0.39, 0.29) is 17.2 Å². The lowest BCUT2D eigenvalue weighted by Gasteiger charge is -2.35. The average molecular weight is 400 g/mol. The third-order valence-corrected chi connectivity index (χ3v) is 6.24. The number of fused-ring (bicyclic) bond motifs is 1. The van der Waals surface area contributed by atoms with E-state index < -0.39 is 5.82 Å². The maximum Gasteiger partial charge on any atom is 0.253 e. The summed E-state index contributed by atoms with van der Waals surface area (Å²) in [4.78, 5) is 19.5. The second kappa shape index (κ2) is 9.05. The molecule has 2 aliphatic heterocycles. The number of halogens is 1. The fourth-order valence-corrected chi connectivity index (χ4v) is 4.41. The summed E-state index contributed by atoms with van der Waals surface area (Å²) >= 11 is 0. The Hall–Kier alpha value is -2.25. The van der Waals surface area contributed by atoms with Crippen LogP contribution < -0.4 is 11.1 Å². The highest BCUT2D eigenvalue weighted by Crippen LogP contribution is 2.26. The summed E-state index contributed by atoms with van der Waals surface area (Å²) in [5.41, 5.74) is 6.51. The van der Waals surface area contributed by atoms with Crippen LogP contribution in [0.2, 0.25) is 0 Å². The largest absolute Gasteiger partial charge is 0.396 e. The molecular weight excluding hydrogens is 371 g/mol. The molecule has 156 valence electrons. The van der Waals surface area contributed by atoms with Gasteiger partial charge in [-0.15, -0.1) is 0 Å². The Morgan fingerprint density at radius 1 is 1.24 bits per heavy atom. The van der Waals surface area contributed by atoms with Gasteiger partial charge in [0.05, 0.1) is 16.8 Å². The molecule has 2 saturated heterocycles. The second-order valence-corrected chi connectivity index (χ2v) is 8.23. The number of nitrogens with two attached hydrogens (primary N) is 1. The van der Waals surface area contributed by atoms with Crippen molar-refractivity contribution in [2.75, 3.05) is 45.1 Å². The maximum atomic E-state index is 14.2. The molecule has 1 aromatic heterocycles. The number of hydrogen-bond donors (Lipinski definition) is 2. The number of nitrogen functional groups attached to an aromatic ring is 1. The Kier molecular flexibility index (Phi) is 6.25.